The van der Waals surface area contributed by atoms with Gasteiger partial charge in [-0.2, -0.15) is 0 Å². The molecule has 5 nitrogen and oxygen atoms in total. The number of phenols is 1. The average Bonchev–Trinajstić information content (AvgIpc) is 2.86. The van der Waals surface area contributed by atoms with Gasteiger partial charge in [-0.1, -0.05) is 11.6 Å². The predicted molar refractivity (Wildman–Crippen MR) is 77.0 cm³/mol. The lowest BCUT2D eigenvalue weighted by atomic mass is 10.1. The van der Waals surface area contributed by atoms with E-state index in [-0.39, 0.29) is 17.7 Å². The van der Waals surface area contributed by atoms with Crippen LogP contribution in [-0.4, -0.2) is 55.3 Å². The first-order chi connectivity index (χ1) is 9.60. The van der Waals surface area contributed by atoms with Crippen molar-refractivity contribution in [1.29, 1.82) is 0 Å². The predicted octanol–water partition coefficient (Wildman–Crippen LogP) is 1.15. The van der Waals surface area contributed by atoms with Crippen molar-refractivity contribution in [3.05, 3.63) is 29.3 Å². The molecule has 1 aromatic carbocycles. The highest BCUT2D eigenvalue weighted by atomic mass is 16.5. The quantitative estimate of drug-likeness (QED) is 0.848. The SMILES string of the molecule is COCCN1CCC(NC(=O)c2cc(C)ccc2O)C1. The fraction of sp³-hybridized carbons (Fsp3) is 0.533. The van der Waals surface area contributed by atoms with Gasteiger partial charge >= 0.3 is 0 Å². The minimum Gasteiger partial charge on any atom is -0.507 e. The van der Waals surface area contributed by atoms with Gasteiger partial charge in [0.15, 0.2) is 0 Å². The first kappa shape index (κ1) is 14.8. The lowest BCUT2D eigenvalue weighted by Gasteiger charge is -2.16. The van der Waals surface area contributed by atoms with Gasteiger partial charge in [-0.3, -0.25) is 9.69 Å². The van der Waals surface area contributed by atoms with Crippen molar-refractivity contribution in [2.24, 2.45) is 0 Å². The summed E-state index contributed by atoms with van der Waals surface area (Å²) in [5.74, 6) is -0.174. The van der Waals surface area contributed by atoms with E-state index < -0.39 is 0 Å². The van der Waals surface area contributed by atoms with Crippen LogP contribution >= 0.6 is 0 Å². The highest BCUT2D eigenvalue weighted by Crippen LogP contribution is 2.19. The monoisotopic (exact) mass is 278 g/mol. The molecular weight excluding hydrogens is 256 g/mol. The van der Waals surface area contributed by atoms with Gasteiger partial charge in [-0.15, -0.1) is 0 Å². The third-order valence-corrected chi connectivity index (χ3v) is 3.62. The van der Waals surface area contributed by atoms with Gasteiger partial charge in [-0.05, 0) is 25.5 Å². The number of methoxy groups -OCH3 is 1. The van der Waals surface area contributed by atoms with Crippen LogP contribution in [0.4, 0.5) is 0 Å². The van der Waals surface area contributed by atoms with Crippen molar-refractivity contribution < 1.29 is 14.6 Å². The van der Waals surface area contributed by atoms with Crippen LogP contribution < -0.4 is 5.32 Å². The average molecular weight is 278 g/mol. The normalized spacial score (nSPS) is 19.2. The van der Waals surface area contributed by atoms with E-state index in [1.807, 2.05) is 6.92 Å². The van der Waals surface area contributed by atoms with Crippen LogP contribution in [-0.2, 0) is 4.74 Å². The number of nitrogens with zero attached hydrogens (tertiary/aromatic N) is 1. The molecule has 1 unspecified atom stereocenters. The van der Waals surface area contributed by atoms with Crippen molar-refractivity contribution in [3.8, 4) is 5.75 Å². The molecule has 2 N–H and O–H groups in total. The van der Waals surface area contributed by atoms with Crippen LogP contribution in [0.3, 0.4) is 0 Å². The van der Waals surface area contributed by atoms with E-state index >= 15 is 0 Å². The van der Waals surface area contributed by atoms with E-state index in [2.05, 4.69) is 10.2 Å². The fourth-order valence-corrected chi connectivity index (χ4v) is 2.47. The molecule has 110 valence electrons. The number of rotatable bonds is 5. The van der Waals surface area contributed by atoms with Crippen LogP contribution in [0, 0.1) is 6.92 Å². The van der Waals surface area contributed by atoms with Gasteiger partial charge < -0.3 is 15.2 Å². The zero-order valence-corrected chi connectivity index (χ0v) is 12.1. The Bertz CT molecular complexity index is 476. The maximum Gasteiger partial charge on any atom is 0.255 e. The number of hydrogen-bond acceptors (Lipinski definition) is 4. The number of carbonyl (C=O) groups excluding carboxylic acids is 1. The first-order valence-corrected chi connectivity index (χ1v) is 6.92. The summed E-state index contributed by atoms with van der Waals surface area (Å²) < 4.78 is 5.06. The van der Waals surface area contributed by atoms with Gasteiger partial charge in [0, 0.05) is 32.8 Å². The van der Waals surface area contributed by atoms with Crippen molar-refractivity contribution in [2.75, 3.05) is 33.4 Å². The van der Waals surface area contributed by atoms with Crippen LogP contribution in [0.1, 0.15) is 22.3 Å². The maximum absolute atomic E-state index is 12.2. The minimum atomic E-state index is -0.204. The van der Waals surface area contributed by atoms with E-state index in [0.29, 0.717) is 12.2 Å². The molecule has 5 heteroatoms. The van der Waals surface area contributed by atoms with Gasteiger partial charge in [0.25, 0.3) is 5.91 Å². The third kappa shape index (κ3) is 3.71. The maximum atomic E-state index is 12.2. The highest BCUT2D eigenvalue weighted by Gasteiger charge is 2.24. The number of aryl methyl sites for hydroxylation is 1. The van der Waals surface area contributed by atoms with E-state index in [0.717, 1.165) is 31.6 Å². The zero-order chi connectivity index (χ0) is 14.5. The summed E-state index contributed by atoms with van der Waals surface area (Å²) in [4.78, 5) is 14.4. The number of aromatic hydroxyl groups is 1. The van der Waals surface area contributed by atoms with Gasteiger partial charge in [0.1, 0.15) is 5.75 Å². The lowest BCUT2D eigenvalue weighted by Crippen LogP contribution is -2.37. The van der Waals surface area contributed by atoms with Crippen LogP contribution in [0.15, 0.2) is 18.2 Å². The molecule has 1 aliphatic rings. The third-order valence-electron chi connectivity index (χ3n) is 3.62. The number of ether oxygens (including phenoxy) is 1. The van der Waals surface area contributed by atoms with Gasteiger partial charge in [0.2, 0.25) is 0 Å². The fourth-order valence-electron chi connectivity index (χ4n) is 2.47. The summed E-state index contributed by atoms with van der Waals surface area (Å²) in [5.41, 5.74) is 1.31. The van der Waals surface area contributed by atoms with Crippen molar-refractivity contribution in [1.82, 2.24) is 10.2 Å². The summed E-state index contributed by atoms with van der Waals surface area (Å²) in [6, 6.07) is 5.19. The second-order valence-corrected chi connectivity index (χ2v) is 5.27. The molecule has 1 atom stereocenters. The molecule has 0 bridgehead atoms. The number of benzene rings is 1. The molecule has 1 heterocycles. The van der Waals surface area contributed by atoms with Crippen molar-refractivity contribution in [3.63, 3.8) is 0 Å². The largest absolute Gasteiger partial charge is 0.507 e. The molecule has 1 saturated heterocycles. The van der Waals surface area contributed by atoms with Crippen molar-refractivity contribution >= 4 is 5.91 Å². The number of likely N-dealkylation sites (tertiary alicyclic amines) is 1. The Hall–Kier alpha value is -1.59. The molecule has 1 aliphatic heterocycles. The van der Waals surface area contributed by atoms with E-state index in [1.54, 1.807) is 25.3 Å². The smallest absolute Gasteiger partial charge is 0.255 e. The molecule has 20 heavy (non-hydrogen) atoms. The zero-order valence-electron chi connectivity index (χ0n) is 12.1. The molecular formula is C15H22N2O3. The summed E-state index contributed by atoms with van der Waals surface area (Å²) >= 11 is 0. The first-order valence-electron chi connectivity index (χ1n) is 6.92. The van der Waals surface area contributed by atoms with Crippen LogP contribution in [0.2, 0.25) is 0 Å². The highest BCUT2D eigenvalue weighted by molar-refractivity contribution is 5.97. The molecule has 1 fully saturated rings. The number of nitrogens with one attached hydrogen (secondary N) is 1. The Morgan fingerprint density at radius 3 is 3.10 bits per heavy atom. The molecule has 1 amide bonds. The second kappa shape index (κ2) is 6.72. The molecule has 1 aromatic rings. The lowest BCUT2D eigenvalue weighted by molar-refractivity contribution is 0.0933. The van der Waals surface area contributed by atoms with Crippen LogP contribution in [0.5, 0.6) is 5.75 Å². The standard InChI is InChI=1S/C15H22N2O3/c1-11-3-4-14(18)13(9-11)15(19)16-12-5-6-17(10-12)7-8-20-2/h3-4,9,12,18H,5-8,10H2,1-2H3,(H,16,19). The molecule has 2 rings (SSSR count). The Balaban J connectivity index is 1.91. The summed E-state index contributed by atoms with van der Waals surface area (Å²) in [7, 11) is 1.69. The van der Waals surface area contributed by atoms with Gasteiger partial charge in [-0.25, -0.2) is 0 Å². The van der Waals surface area contributed by atoms with E-state index in [4.69, 9.17) is 4.74 Å². The number of amides is 1. The minimum absolute atomic E-state index is 0.0299. The molecule has 0 spiro atoms. The number of hydrogen-bond donors (Lipinski definition) is 2. The van der Waals surface area contributed by atoms with E-state index in [9.17, 15) is 9.90 Å². The molecule has 0 aliphatic carbocycles. The summed E-state index contributed by atoms with van der Waals surface area (Å²) in [5, 5.41) is 12.7. The Kier molecular flexibility index (Phi) is 4.98. The molecule has 0 radical (unpaired) electrons. The van der Waals surface area contributed by atoms with Crippen molar-refractivity contribution in [2.45, 2.75) is 19.4 Å². The molecule has 0 aromatic heterocycles. The van der Waals surface area contributed by atoms with Crippen LogP contribution in [0.25, 0.3) is 0 Å². The molecule has 0 saturated carbocycles. The number of phenolic OH excluding ortho intramolecular Hbond substituents is 1. The summed E-state index contributed by atoms with van der Waals surface area (Å²) in [6.45, 7) is 5.30. The number of carbonyl (C=O) groups is 1. The Morgan fingerprint density at radius 1 is 1.55 bits per heavy atom. The Morgan fingerprint density at radius 2 is 2.35 bits per heavy atom. The summed E-state index contributed by atoms with van der Waals surface area (Å²) in [6.07, 6.45) is 0.933. The topological polar surface area (TPSA) is 61.8 Å². The van der Waals surface area contributed by atoms with E-state index in [1.165, 1.54) is 0 Å². The second-order valence-electron chi connectivity index (χ2n) is 5.27. The van der Waals surface area contributed by atoms with Gasteiger partial charge in [0.05, 0.1) is 12.2 Å². The Labute approximate surface area is 119 Å².